The smallest absolute Gasteiger partial charge is 0.417 e. The fourth-order valence-corrected chi connectivity index (χ4v) is 24.9. The van der Waals surface area contributed by atoms with E-state index in [0.717, 1.165) is 24.9 Å². The molecule has 13 heteroatoms. The third kappa shape index (κ3) is 13.4. The molecule has 7 nitrogen and oxygen atoms in total. The summed E-state index contributed by atoms with van der Waals surface area (Å²) in [5.74, 6) is 0. The number of unbranched alkanes of at least 4 members (excludes halogenated alkanes) is 1. The first kappa shape index (κ1) is 31.9. The molecule has 0 aliphatic carbocycles. The molecule has 0 spiro atoms. The predicted molar refractivity (Wildman–Crippen MR) is 141 cm³/mol. The zero-order valence-electron chi connectivity index (χ0n) is 22.1. The van der Waals surface area contributed by atoms with E-state index in [2.05, 4.69) is 52.4 Å². The Balaban J connectivity index is 5.50. The molecule has 0 aromatic carbocycles. The van der Waals surface area contributed by atoms with Crippen LogP contribution in [0.15, 0.2) is 0 Å². The fourth-order valence-electron chi connectivity index (χ4n) is 3.39. The molecule has 0 atom stereocenters. The maximum absolute atomic E-state index is 12.7. The zero-order valence-corrected chi connectivity index (χ0v) is 28.1. The maximum atomic E-state index is 12.7. The summed E-state index contributed by atoms with van der Waals surface area (Å²) in [6.45, 7) is 19.4. The summed E-state index contributed by atoms with van der Waals surface area (Å²) in [7, 11) is -8.47. The first-order chi connectivity index (χ1) is 14.0. The van der Waals surface area contributed by atoms with Gasteiger partial charge in [0.05, 0.1) is 5.67 Å². The molecule has 0 saturated carbocycles. The molecule has 0 aliphatic heterocycles. The van der Waals surface area contributed by atoms with Gasteiger partial charge in [0, 0.05) is 27.4 Å². The minimum atomic E-state index is -3.05. The number of hydrogen-bond donors (Lipinski definition) is 0. The topological polar surface area (TPSA) is 72.5 Å². The minimum absolute atomic E-state index is 0.464. The number of rotatable bonds is 17. The number of hydrogen-bond acceptors (Lipinski definition) is 7. The highest BCUT2D eigenvalue weighted by atomic mass is 28.5. The molecule has 0 rings (SSSR count). The summed E-state index contributed by atoms with van der Waals surface area (Å²) in [6.07, 6.45) is 1.95. The van der Waals surface area contributed by atoms with Crippen molar-refractivity contribution in [3.8, 4) is 0 Å². The molecule has 186 valence electrons. The lowest BCUT2D eigenvalue weighted by Gasteiger charge is -2.43. The molecule has 0 radical (unpaired) electrons. The van der Waals surface area contributed by atoms with Gasteiger partial charge in [0.15, 0.2) is 25.0 Å². The Morgan fingerprint density at radius 3 is 1.42 bits per heavy atom. The standard InChI is InChI=1S/C18H48O7Si6/c1-13-26(19)18-31(23-27(5,6)7,24-28(8,9)10)25-29(11,12)16-14-15-17-30(20-2,21-3)22-4/h13-18H2,1-12H3. The largest absolute Gasteiger partial charge is 0.500 e. The van der Waals surface area contributed by atoms with Crippen molar-refractivity contribution >= 4 is 51.2 Å². The van der Waals surface area contributed by atoms with Crippen LogP contribution in [0.5, 0.6) is 0 Å². The molecule has 0 aromatic rings. The van der Waals surface area contributed by atoms with E-state index >= 15 is 0 Å². The highest BCUT2D eigenvalue weighted by Crippen LogP contribution is 2.31. The van der Waals surface area contributed by atoms with Crippen LogP contribution in [0.25, 0.3) is 0 Å². The van der Waals surface area contributed by atoms with Crippen molar-refractivity contribution in [3.63, 3.8) is 0 Å². The Labute approximate surface area is 198 Å². The Kier molecular flexibility index (Phi) is 13.4. The van der Waals surface area contributed by atoms with Gasteiger partial charge in [-0.05, 0) is 70.9 Å². The van der Waals surface area contributed by atoms with Gasteiger partial charge in [-0.15, -0.1) is 0 Å². The summed E-state index contributed by atoms with van der Waals surface area (Å²) < 4.78 is 49.6. The van der Waals surface area contributed by atoms with E-state index in [0.29, 0.717) is 11.7 Å². The van der Waals surface area contributed by atoms with Gasteiger partial charge in [0.25, 0.3) is 8.68 Å². The van der Waals surface area contributed by atoms with E-state index in [-0.39, 0.29) is 0 Å². The van der Waals surface area contributed by atoms with Crippen LogP contribution < -0.4 is 0 Å². The van der Waals surface area contributed by atoms with Crippen LogP contribution in [0.4, 0.5) is 0 Å². The Bertz CT molecular complexity index is 520. The van der Waals surface area contributed by atoms with E-state index < -0.39 is 51.2 Å². The average Bonchev–Trinajstić information content (AvgIpc) is 2.58. The van der Waals surface area contributed by atoms with Crippen LogP contribution in [0.3, 0.4) is 0 Å². The Morgan fingerprint density at radius 2 is 1.06 bits per heavy atom. The lowest BCUT2D eigenvalue weighted by atomic mass is 10.4. The maximum Gasteiger partial charge on any atom is 0.500 e. The van der Waals surface area contributed by atoms with Crippen LogP contribution in [0, 0.1) is 0 Å². The SMILES string of the molecule is CC[Si](=O)C[Si](O[Si](C)(C)C)(O[Si](C)(C)C)O[Si](C)(C)CCCC[Si](OC)(OC)OC. The van der Waals surface area contributed by atoms with Crippen LogP contribution >= 0.6 is 0 Å². The summed E-state index contributed by atoms with van der Waals surface area (Å²) >= 11 is 0. The van der Waals surface area contributed by atoms with Crippen LogP contribution in [-0.2, 0) is 30.1 Å². The highest BCUT2D eigenvalue weighted by molar-refractivity contribution is 6.93. The molecule has 0 amide bonds. The van der Waals surface area contributed by atoms with Gasteiger partial charge < -0.3 is 30.1 Å². The summed E-state index contributed by atoms with van der Waals surface area (Å²) in [6, 6.07) is 2.41. The van der Waals surface area contributed by atoms with Crippen molar-refractivity contribution in [2.45, 2.75) is 95.9 Å². The summed E-state index contributed by atoms with van der Waals surface area (Å²) in [5.41, 5.74) is 0.464. The third-order valence-corrected chi connectivity index (χ3v) is 23.9. The second-order valence-electron chi connectivity index (χ2n) is 10.5. The van der Waals surface area contributed by atoms with Crippen LogP contribution in [0.1, 0.15) is 19.8 Å². The summed E-state index contributed by atoms with van der Waals surface area (Å²) in [4.78, 5) is 0. The molecule has 0 heterocycles. The van der Waals surface area contributed by atoms with Crippen molar-refractivity contribution in [2.75, 3.05) is 21.3 Å². The monoisotopic (exact) mass is 544 g/mol. The van der Waals surface area contributed by atoms with Crippen molar-refractivity contribution in [3.05, 3.63) is 0 Å². The molecule has 0 aromatic heterocycles. The minimum Gasteiger partial charge on any atom is -0.417 e. The van der Waals surface area contributed by atoms with Gasteiger partial charge in [-0.3, -0.25) is 0 Å². The molecular weight excluding hydrogens is 497 g/mol. The van der Waals surface area contributed by atoms with E-state index in [1.807, 2.05) is 6.92 Å². The van der Waals surface area contributed by atoms with Gasteiger partial charge in [-0.1, -0.05) is 13.3 Å². The van der Waals surface area contributed by atoms with Crippen LogP contribution in [0.2, 0.25) is 76.2 Å². The van der Waals surface area contributed by atoms with Crippen molar-refractivity contribution in [1.29, 1.82) is 0 Å². The highest BCUT2D eigenvalue weighted by Gasteiger charge is 2.52. The molecular formula is C18H48O7Si6. The van der Waals surface area contributed by atoms with Crippen LogP contribution in [-0.4, -0.2) is 72.6 Å². The normalized spacial score (nSPS) is 14.2. The fraction of sp³-hybridized carbons (Fsp3) is 1.00. The van der Waals surface area contributed by atoms with Crippen molar-refractivity contribution in [2.24, 2.45) is 0 Å². The van der Waals surface area contributed by atoms with E-state index in [1.54, 1.807) is 21.3 Å². The van der Waals surface area contributed by atoms with Crippen molar-refractivity contribution in [1.82, 2.24) is 0 Å². The van der Waals surface area contributed by atoms with Gasteiger partial charge >= 0.3 is 17.6 Å². The molecule has 0 bridgehead atoms. The summed E-state index contributed by atoms with van der Waals surface area (Å²) in [5, 5.41) is 0. The third-order valence-electron chi connectivity index (χ3n) is 4.61. The molecule has 0 N–H and O–H groups in total. The van der Waals surface area contributed by atoms with Gasteiger partial charge in [-0.2, -0.15) is 0 Å². The molecule has 0 aliphatic rings. The van der Waals surface area contributed by atoms with E-state index in [1.165, 1.54) is 0 Å². The first-order valence-electron chi connectivity index (χ1n) is 11.2. The second-order valence-corrected chi connectivity index (χ2v) is 33.1. The Morgan fingerprint density at radius 1 is 0.645 bits per heavy atom. The quantitative estimate of drug-likeness (QED) is 0.177. The molecule has 0 fully saturated rings. The lowest BCUT2D eigenvalue weighted by Crippen LogP contribution is -2.61. The van der Waals surface area contributed by atoms with Crippen molar-refractivity contribution < 1.29 is 30.1 Å². The van der Waals surface area contributed by atoms with Gasteiger partial charge in [0.2, 0.25) is 0 Å². The van der Waals surface area contributed by atoms with Gasteiger partial charge in [-0.25, -0.2) is 0 Å². The zero-order chi connectivity index (χ0) is 24.6. The van der Waals surface area contributed by atoms with E-state index in [4.69, 9.17) is 25.6 Å². The van der Waals surface area contributed by atoms with Gasteiger partial charge in [0.1, 0.15) is 0 Å². The lowest BCUT2D eigenvalue weighted by molar-refractivity contribution is 0.123. The molecule has 31 heavy (non-hydrogen) atoms. The molecule has 0 unspecified atom stereocenters. The predicted octanol–water partition coefficient (Wildman–Crippen LogP) is 5.49. The average molecular weight is 545 g/mol. The Hall–Kier alpha value is 0.861. The first-order valence-corrected chi connectivity index (χ1v) is 26.9. The molecule has 0 saturated heterocycles. The second kappa shape index (κ2) is 13.1. The van der Waals surface area contributed by atoms with E-state index in [9.17, 15) is 4.46 Å².